The summed E-state index contributed by atoms with van der Waals surface area (Å²) >= 11 is 0. The van der Waals surface area contributed by atoms with E-state index in [-0.39, 0.29) is 17.4 Å². The van der Waals surface area contributed by atoms with Crippen LogP contribution < -0.4 is 0 Å². The minimum atomic E-state index is -3.15. The Morgan fingerprint density at radius 2 is 1.83 bits per heavy atom. The van der Waals surface area contributed by atoms with Crippen LogP contribution in [0.3, 0.4) is 0 Å². The smallest absolute Gasteiger partial charge is 0.151 e. The summed E-state index contributed by atoms with van der Waals surface area (Å²) in [6.07, 6.45) is 0.456. The van der Waals surface area contributed by atoms with Crippen LogP contribution in [0.1, 0.15) is 13.8 Å². The molecule has 0 amide bonds. The van der Waals surface area contributed by atoms with E-state index in [1.807, 2.05) is 13.8 Å². The summed E-state index contributed by atoms with van der Waals surface area (Å²) in [7, 11) is -3.15. The molecular weight excluding hydrogens is 176 g/mol. The lowest BCUT2D eigenvalue weighted by Crippen LogP contribution is -2.20. The first-order valence-electron chi connectivity index (χ1n) is 3.78. The van der Waals surface area contributed by atoms with E-state index in [9.17, 15) is 13.2 Å². The second-order valence-electron chi connectivity index (χ2n) is 3.27. The topological polar surface area (TPSA) is 51.2 Å². The lowest BCUT2D eigenvalue weighted by molar-refractivity contribution is -0.109. The molecular formula is C8H14O3S. The molecule has 0 aromatic carbocycles. The second-order valence-corrected chi connectivity index (χ2v) is 5.42. The molecule has 0 spiro atoms. The van der Waals surface area contributed by atoms with E-state index in [4.69, 9.17) is 6.92 Å². The quantitative estimate of drug-likeness (QED) is 0.596. The molecule has 3 nitrogen and oxygen atoms in total. The zero-order valence-electron chi connectivity index (χ0n) is 7.36. The Balaban J connectivity index is 4.14. The highest BCUT2D eigenvalue weighted by Crippen LogP contribution is 2.04. The molecule has 0 saturated heterocycles. The van der Waals surface area contributed by atoms with Gasteiger partial charge in [0.15, 0.2) is 9.84 Å². The first-order chi connectivity index (χ1) is 5.37. The highest BCUT2D eigenvalue weighted by molar-refractivity contribution is 7.91. The van der Waals surface area contributed by atoms with Gasteiger partial charge in [-0.15, -0.1) is 0 Å². The summed E-state index contributed by atoms with van der Waals surface area (Å²) in [6, 6.07) is 0. The van der Waals surface area contributed by atoms with Crippen molar-refractivity contribution in [2.24, 2.45) is 11.8 Å². The standard InChI is InChI=1S/C8H14O3S/c1-7(2)5-12(10,11)6-8(3)4-9/h3-4,7-8H,5-6H2,1-2H3/t8-/m1/s1. The normalized spacial score (nSPS) is 14.7. The van der Waals surface area contributed by atoms with Gasteiger partial charge >= 0.3 is 0 Å². The molecule has 0 bridgehead atoms. The van der Waals surface area contributed by atoms with Crippen molar-refractivity contribution in [3.63, 3.8) is 0 Å². The van der Waals surface area contributed by atoms with E-state index in [1.54, 1.807) is 0 Å². The van der Waals surface area contributed by atoms with Crippen LogP contribution in [0.25, 0.3) is 0 Å². The molecule has 2 radical (unpaired) electrons. The van der Waals surface area contributed by atoms with Gasteiger partial charge in [0, 0.05) is 5.92 Å². The Kier molecular flexibility index (Phi) is 4.45. The van der Waals surface area contributed by atoms with Crippen molar-refractivity contribution in [1.82, 2.24) is 0 Å². The molecule has 0 aromatic heterocycles. The number of hydrogen-bond donors (Lipinski definition) is 0. The van der Waals surface area contributed by atoms with Crippen LogP contribution in [-0.4, -0.2) is 26.2 Å². The Morgan fingerprint density at radius 3 is 2.17 bits per heavy atom. The van der Waals surface area contributed by atoms with Gasteiger partial charge in [0.2, 0.25) is 0 Å². The van der Waals surface area contributed by atoms with E-state index >= 15 is 0 Å². The minimum Gasteiger partial charge on any atom is -0.303 e. The maximum absolute atomic E-state index is 11.2. The van der Waals surface area contributed by atoms with Crippen LogP contribution in [0.15, 0.2) is 0 Å². The highest BCUT2D eigenvalue weighted by atomic mass is 32.2. The minimum absolute atomic E-state index is 0.0776. The van der Waals surface area contributed by atoms with E-state index in [0.717, 1.165) is 0 Å². The molecule has 4 heteroatoms. The molecule has 1 atom stereocenters. The Bertz CT molecular complexity index is 229. The van der Waals surface area contributed by atoms with Crippen LogP contribution in [0.2, 0.25) is 0 Å². The first-order valence-corrected chi connectivity index (χ1v) is 5.61. The molecule has 0 N–H and O–H groups in total. The Morgan fingerprint density at radius 1 is 1.33 bits per heavy atom. The van der Waals surface area contributed by atoms with Gasteiger partial charge < -0.3 is 4.79 Å². The van der Waals surface area contributed by atoms with Gasteiger partial charge in [-0.3, -0.25) is 0 Å². The molecule has 70 valence electrons. The summed E-state index contributed by atoms with van der Waals surface area (Å²) in [5.74, 6) is -0.953. The van der Waals surface area contributed by atoms with Gasteiger partial charge in [0.05, 0.1) is 11.5 Å². The van der Waals surface area contributed by atoms with Crippen LogP contribution in [0.4, 0.5) is 0 Å². The fourth-order valence-electron chi connectivity index (χ4n) is 0.908. The Labute approximate surface area is 74.1 Å². The van der Waals surface area contributed by atoms with Crippen LogP contribution in [0.5, 0.6) is 0 Å². The zero-order chi connectivity index (χ0) is 9.78. The predicted octanol–water partition coefficient (Wildman–Crippen LogP) is 0.583. The molecule has 0 aliphatic carbocycles. The van der Waals surface area contributed by atoms with Crippen LogP contribution >= 0.6 is 0 Å². The summed E-state index contributed by atoms with van der Waals surface area (Å²) in [5.41, 5.74) is 0. The molecule has 0 rings (SSSR count). The van der Waals surface area contributed by atoms with Gasteiger partial charge in [-0.2, -0.15) is 0 Å². The fourth-order valence-corrected chi connectivity index (χ4v) is 2.73. The monoisotopic (exact) mass is 190 g/mol. The molecule has 0 heterocycles. The van der Waals surface area contributed by atoms with Crippen molar-refractivity contribution in [2.75, 3.05) is 11.5 Å². The number of aldehydes is 1. The third kappa shape index (κ3) is 5.29. The van der Waals surface area contributed by atoms with Gasteiger partial charge in [0.25, 0.3) is 0 Å². The van der Waals surface area contributed by atoms with Crippen molar-refractivity contribution < 1.29 is 13.2 Å². The molecule has 12 heavy (non-hydrogen) atoms. The van der Waals surface area contributed by atoms with E-state index in [0.29, 0.717) is 6.29 Å². The maximum atomic E-state index is 11.2. The molecule has 0 aliphatic heterocycles. The summed E-state index contributed by atoms with van der Waals surface area (Å²) < 4.78 is 22.3. The molecule has 0 unspecified atom stereocenters. The highest BCUT2D eigenvalue weighted by Gasteiger charge is 2.16. The molecule has 0 fully saturated rings. The Hall–Kier alpha value is -0.380. The van der Waals surface area contributed by atoms with Crippen molar-refractivity contribution in [3.05, 3.63) is 6.92 Å². The van der Waals surface area contributed by atoms with Gasteiger partial charge in [-0.1, -0.05) is 13.8 Å². The third-order valence-corrected chi connectivity index (χ3v) is 3.28. The largest absolute Gasteiger partial charge is 0.303 e. The summed E-state index contributed by atoms with van der Waals surface area (Å²) in [4.78, 5) is 10.1. The lowest BCUT2D eigenvalue weighted by Gasteiger charge is -2.07. The van der Waals surface area contributed by atoms with Gasteiger partial charge in [-0.25, -0.2) is 8.42 Å². The number of carbonyl (C=O) groups is 1. The number of hydrogen-bond acceptors (Lipinski definition) is 3. The van der Waals surface area contributed by atoms with Crippen LogP contribution in [0, 0.1) is 18.8 Å². The third-order valence-electron chi connectivity index (χ3n) is 1.21. The average molecular weight is 190 g/mol. The molecule has 0 saturated carbocycles. The van der Waals surface area contributed by atoms with Crippen molar-refractivity contribution in [1.29, 1.82) is 0 Å². The molecule has 0 aromatic rings. The fraction of sp³-hybridized carbons (Fsp3) is 0.750. The van der Waals surface area contributed by atoms with E-state index in [2.05, 4.69) is 0 Å². The summed E-state index contributed by atoms with van der Waals surface area (Å²) in [6.45, 7) is 8.81. The van der Waals surface area contributed by atoms with Crippen molar-refractivity contribution in [3.8, 4) is 0 Å². The molecule has 0 aliphatic rings. The second kappa shape index (κ2) is 4.60. The van der Waals surface area contributed by atoms with E-state index < -0.39 is 15.8 Å². The predicted molar refractivity (Wildman–Crippen MR) is 47.3 cm³/mol. The number of rotatable bonds is 5. The number of sulfone groups is 1. The summed E-state index contributed by atoms with van der Waals surface area (Å²) in [5, 5.41) is 0. The van der Waals surface area contributed by atoms with E-state index in [1.165, 1.54) is 0 Å². The number of carbonyl (C=O) groups excluding carboxylic acids is 1. The maximum Gasteiger partial charge on any atom is 0.151 e. The van der Waals surface area contributed by atoms with Gasteiger partial charge in [-0.05, 0) is 12.8 Å². The average Bonchev–Trinajstić information content (AvgIpc) is 1.83. The van der Waals surface area contributed by atoms with Crippen LogP contribution in [-0.2, 0) is 14.6 Å². The van der Waals surface area contributed by atoms with Crippen molar-refractivity contribution >= 4 is 16.1 Å². The SMILES string of the molecule is [CH][C@H](C=O)CS(=O)(=O)CC(C)C. The van der Waals surface area contributed by atoms with Gasteiger partial charge in [0.1, 0.15) is 6.29 Å². The first kappa shape index (κ1) is 11.6. The lowest BCUT2D eigenvalue weighted by atomic mass is 10.3. The van der Waals surface area contributed by atoms with Crippen molar-refractivity contribution in [2.45, 2.75) is 13.8 Å². The zero-order valence-corrected chi connectivity index (χ0v) is 8.17.